The third kappa shape index (κ3) is 3.52. The lowest BCUT2D eigenvalue weighted by Crippen LogP contribution is -2.45. The first-order valence-electron chi connectivity index (χ1n) is 10.1. The SMILES string of the molecule is COc1ccc([C@H]2[C@@H]3CN(C4CCNCC4)C[C@@H]3CN2C(=O)N(C)C)cc1. The first-order chi connectivity index (χ1) is 13.1. The normalized spacial score (nSPS) is 29.0. The summed E-state index contributed by atoms with van der Waals surface area (Å²) >= 11 is 0. The van der Waals surface area contributed by atoms with Gasteiger partial charge in [-0.1, -0.05) is 12.1 Å². The fraction of sp³-hybridized carbons (Fsp3) is 0.667. The van der Waals surface area contributed by atoms with Crippen LogP contribution >= 0.6 is 0 Å². The zero-order chi connectivity index (χ0) is 19.0. The van der Waals surface area contributed by atoms with Crippen molar-refractivity contribution < 1.29 is 9.53 Å². The van der Waals surface area contributed by atoms with Gasteiger partial charge in [0.2, 0.25) is 0 Å². The molecule has 3 saturated heterocycles. The summed E-state index contributed by atoms with van der Waals surface area (Å²) in [6.45, 7) is 5.34. The van der Waals surface area contributed by atoms with Crippen molar-refractivity contribution >= 4 is 6.03 Å². The van der Waals surface area contributed by atoms with Crippen LogP contribution in [0.1, 0.15) is 24.4 Å². The molecule has 3 heterocycles. The number of urea groups is 1. The quantitative estimate of drug-likeness (QED) is 0.882. The molecule has 0 spiro atoms. The Kier molecular flexibility index (Phi) is 5.28. The third-order valence-electron chi connectivity index (χ3n) is 6.60. The van der Waals surface area contributed by atoms with Gasteiger partial charge in [0, 0.05) is 45.7 Å². The molecule has 2 amide bonds. The molecule has 0 radical (unpaired) electrons. The number of amides is 2. The molecule has 4 rings (SSSR count). The Morgan fingerprint density at radius 2 is 1.81 bits per heavy atom. The molecule has 0 aromatic heterocycles. The fourth-order valence-corrected chi connectivity index (χ4v) is 5.23. The summed E-state index contributed by atoms with van der Waals surface area (Å²) in [7, 11) is 5.39. The Morgan fingerprint density at radius 1 is 1.11 bits per heavy atom. The van der Waals surface area contributed by atoms with Gasteiger partial charge in [0.15, 0.2) is 0 Å². The molecule has 1 aromatic carbocycles. The monoisotopic (exact) mass is 372 g/mol. The van der Waals surface area contributed by atoms with Gasteiger partial charge in [-0.15, -0.1) is 0 Å². The number of hydrogen-bond donors (Lipinski definition) is 1. The van der Waals surface area contributed by atoms with E-state index in [2.05, 4.69) is 27.2 Å². The van der Waals surface area contributed by atoms with Crippen LogP contribution in [0.2, 0.25) is 0 Å². The van der Waals surface area contributed by atoms with Gasteiger partial charge in [0.1, 0.15) is 5.75 Å². The first kappa shape index (κ1) is 18.6. The van der Waals surface area contributed by atoms with Crippen molar-refractivity contribution in [2.24, 2.45) is 11.8 Å². The lowest BCUT2D eigenvalue weighted by molar-refractivity contribution is 0.138. The summed E-state index contributed by atoms with van der Waals surface area (Å²) in [6, 6.07) is 9.28. The predicted octanol–water partition coefficient (Wildman–Crippen LogP) is 2.03. The Hall–Kier alpha value is -1.79. The lowest BCUT2D eigenvalue weighted by atomic mass is 9.89. The van der Waals surface area contributed by atoms with Crippen LogP contribution in [0.3, 0.4) is 0 Å². The minimum Gasteiger partial charge on any atom is -0.497 e. The Morgan fingerprint density at radius 3 is 2.44 bits per heavy atom. The van der Waals surface area contributed by atoms with E-state index in [0.29, 0.717) is 17.9 Å². The van der Waals surface area contributed by atoms with Gasteiger partial charge < -0.3 is 19.9 Å². The zero-order valence-electron chi connectivity index (χ0n) is 16.7. The zero-order valence-corrected chi connectivity index (χ0v) is 16.7. The third-order valence-corrected chi connectivity index (χ3v) is 6.60. The van der Waals surface area contributed by atoms with E-state index in [1.807, 2.05) is 26.2 Å². The summed E-state index contributed by atoms with van der Waals surface area (Å²) in [6.07, 6.45) is 2.49. The molecular formula is C21H32N4O2. The summed E-state index contributed by atoms with van der Waals surface area (Å²) in [5.41, 5.74) is 1.23. The molecule has 1 N–H and O–H groups in total. The van der Waals surface area contributed by atoms with E-state index in [-0.39, 0.29) is 12.1 Å². The number of hydrogen-bond acceptors (Lipinski definition) is 4. The van der Waals surface area contributed by atoms with Crippen LogP contribution in [-0.2, 0) is 0 Å². The van der Waals surface area contributed by atoms with Crippen LogP contribution in [0.15, 0.2) is 24.3 Å². The molecule has 6 nitrogen and oxygen atoms in total. The molecule has 0 saturated carbocycles. The number of ether oxygens (including phenoxy) is 1. The second-order valence-electron chi connectivity index (χ2n) is 8.41. The smallest absolute Gasteiger partial charge is 0.320 e. The standard InChI is InChI=1S/C21H32N4O2/c1-23(2)21(26)25-13-16-12-24(17-8-10-22-11-9-17)14-19(16)20(25)15-4-6-18(27-3)7-5-15/h4-7,16-17,19-20,22H,8-14H2,1-3H3/t16-,19-,20+/m1/s1. The average molecular weight is 373 g/mol. The number of fused-ring (bicyclic) bond motifs is 1. The van der Waals surface area contributed by atoms with Crippen LogP contribution in [0.5, 0.6) is 5.75 Å². The molecule has 3 fully saturated rings. The van der Waals surface area contributed by atoms with Gasteiger partial charge in [-0.3, -0.25) is 4.90 Å². The molecule has 3 aliphatic heterocycles. The van der Waals surface area contributed by atoms with Crippen molar-refractivity contribution in [2.75, 3.05) is 53.9 Å². The van der Waals surface area contributed by atoms with Crippen molar-refractivity contribution in [3.63, 3.8) is 0 Å². The van der Waals surface area contributed by atoms with Gasteiger partial charge in [-0.25, -0.2) is 4.79 Å². The number of nitrogens with one attached hydrogen (secondary N) is 1. The van der Waals surface area contributed by atoms with Gasteiger partial charge in [0.25, 0.3) is 0 Å². The number of carbonyl (C=O) groups excluding carboxylic acids is 1. The van der Waals surface area contributed by atoms with Gasteiger partial charge in [-0.2, -0.15) is 0 Å². The highest BCUT2D eigenvalue weighted by Crippen LogP contribution is 2.46. The number of nitrogens with zero attached hydrogens (tertiary/aromatic N) is 3. The van der Waals surface area contributed by atoms with E-state index in [1.165, 1.54) is 18.4 Å². The average Bonchev–Trinajstić information content (AvgIpc) is 3.26. The summed E-state index contributed by atoms with van der Waals surface area (Å²) < 4.78 is 5.32. The Labute approximate surface area is 162 Å². The second kappa shape index (κ2) is 7.68. The van der Waals surface area contributed by atoms with E-state index in [4.69, 9.17) is 4.74 Å². The summed E-state index contributed by atoms with van der Waals surface area (Å²) in [5.74, 6) is 1.94. The molecule has 3 atom stereocenters. The maximum absolute atomic E-state index is 12.9. The minimum absolute atomic E-state index is 0.124. The van der Waals surface area contributed by atoms with Gasteiger partial charge in [0.05, 0.1) is 13.2 Å². The fourth-order valence-electron chi connectivity index (χ4n) is 5.23. The van der Waals surface area contributed by atoms with Gasteiger partial charge in [-0.05, 0) is 49.5 Å². The van der Waals surface area contributed by atoms with Crippen LogP contribution in [0.4, 0.5) is 4.79 Å². The number of likely N-dealkylation sites (tertiary alicyclic amines) is 2. The molecule has 0 aliphatic carbocycles. The number of methoxy groups -OCH3 is 1. The van der Waals surface area contributed by atoms with E-state index in [1.54, 1.807) is 12.0 Å². The van der Waals surface area contributed by atoms with Crippen molar-refractivity contribution in [1.29, 1.82) is 0 Å². The molecular weight excluding hydrogens is 340 g/mol. The number of carbonyl (C=O) groups is 1. The molecule has 0 bridgehead atoms. The summed E-state index contributed by atoms with van der Waals surface area (Å²) in [5, 5.41) is 3.47. The Bertz CT molecular complexity index is 657. The highest BCUT2D eigenvalue weighted by atomic mass is 16.5. The van der Waals surface area contributed by atoms with Crippen molar-refractivity contribution in [3.8, 4) is 5.75 Å². The molecule has 3 aliphatic rings. The lowest BCUT2D eigenvalue weighted by Gasteiger charge is -2.35. The number of rotatable bonds is 3. The van der Waals surface area contributed by atoms with E-state index < -0.39 is 0 Å². The Balaban J connectivity index is 1.57. The van der Waals surface area contributed by atoms with E-state index >= 15 is 0 Å². The van der Waals surface area contributed by atoms with E-state index in [0.717, 1.165) is 38.5 Å². The van der Waals surface area contributed by atoms with Crippen LogP contribution in [0, 0.1) is 11.8 Å². The highest BCUT2D eigenvalue weighted by molar-refractivity contribution is 5.75. The second-order valence-corrected chi connectivity index (χ2v) is 8.41. The number of benzene rings is 1. The molecule has 1 aromatic rings. The molecule has 6 heteroatoms. The van der Waals surface area contributed by atoms with Crippen molar-refractivity contribution in [3.05, 3.63) is 29.8 Å². The van der Waals surface area contributed by atoms with Crippen molar-refractivity contribution in [2.45, 2.75) is 24.9 Å². The topological polar surface area (TPSA) is 48.1 Å². The summed E-state index contributed by atoms with van der Waals surface area (Å²) in [4.78, 5) is 19.4. The molecule has 27 heavy (non-hydrogen) atoms. The highest BCUT2D eigenvalue weighted by Gasteiger charge is 2.50. The minimum atomic E-state index is 0.124. The maximum atomic E-state index is 12.9. The van der Waals surface area contributed by atoms with E-state index in [9.17, 15) is 4.79 Å². The predicted molar refractivity (Wildman–Crippen MR) is 106 cm³/mol. The first-order valence-corrected chi connectivity index (χ1v) is 10.1. The van der Waals surface area contributed by atoms with Crippen LogP contribution in [-0.4, -0.2) is 80.7 Å². The van der Waals surface area contributed by atoms with Crippen LogP contribution < -0.4 is 10.1 Å². The molecule has 0 unspecified atom stereocenters. The largest absolute Gasteiger partial charge is 0.497 e. The number of piperidine rings is 1. The van der Waals surface area contributed by atoms with Crippen molar-refractivity contribution in [1.82, 2.24) is 20.0 Å². The maximum Gasteiger partial charge on any atom is 0.320 e. The van der Waals surface area contributed by atoms with Crippen LogP contribution in [0.25, 0.3) is 0 Å². The van der Waals surface area contributed by atoms with Gasteiger partial charge >= 0.3 is 6.03 Å². The molecule has 148 valence electrons.